The summed E-state index contributed by atoms with van der Waals surface area (Å²) in [7, 11) is -1.88. The minimum Gasteiger partial charge on any atom is -0.438 e. The van der Waals surface area contributed by atoms with Crippen LogP contribution in [0.25, 0.3) is 0 Å². The van der Waals surface area contributed by atoms with Crippen molar-refractivity contribution in [1.82, 2.24) is 0 Å². The molecule has 30 heavy (non-hydrogen) atoms. The van der Waals surface area contributed by atoms with E-state index >= 15 is 0 Å². The van der Waals surface area contributed by atoms with E-state index in [0.717, 1.165) is 83.8 Å². The minimum absolute atomic E-state index is 0.313. The third-order valence-electron chi connectivity index (χ3n) is 5.66. The van der Waals surface area contributed by atoms with E-state index < -0.39 is 22.2 Å². The summed E-state index contributed by atoms with van der Waals surface area (Å²) in [6.07, 6.45) is 6.83. The molecule has 156 valence electrons. The molecule has 2 aliphatic carbocycles. The fraction of sp³-hybridized carbons (Fsp3) is 0.409. The maximum absolute atomic E-state index is 12.6. The number of urea groups is 1. The highest BCUT2D eigenvalue weighted by molar-refractivity contribution is 8.15. The summed E-state index contributed by atoms with van der Waals surface area (Å²) in [6.45, 7) is 3.32. The molecule has 3 aliphatic rings. The molecule has 4 rings (SSSR count). The largest absolute Gasteiger partial charge is 0.438 e. The van der Waals surface area contributed by atoms with Crippen LogP contribution in [0.3, 0.4) is 0 Å². The van der Waals surface area contributed by atoms with Gasteiger partial charge in [0, 0.05) is 5.69 Å². The average Bonchev–Trinajstić information content (AvgIpc) is 3.37. The third kappa shape index (κ3) is 3.86. The molecule has 1 heterocycles. The highest BCUT2D eigenvalue weighted by Gasteiger charge is 2.29. The number of anilines is 1. The quantitative estimate of drug-likeness (QED) is 0.528. The first-order valence-electron chi connectivity index (χ1n) is 9.90. The lowest BCUT2D eigenvalue weighted by Gasteiger charge is -2.21. The Balaban J connectivity index is 1.62. The summed E-state index contributed by atoms with van der Waals surface area (Å²) in [4.78, 5) is 12.6. The van der Waals surface area contributed by atoms with Crippen molar-refractivity contribution in [2.45, 2.75) is 58.0 Å². The standard InChI is InChI=1S/C22H22N3O3S2/c1-22(2,27)13-9-10-19(29-12-13)30(28)25-21(26)24-20-16-7-3-5-14(16)18(11-23)15-6-4-8-17(15)20/h9,12,27H,3-8H2,1-2H3,(H,24,26)/q-1. The number of benzene rings is 1. The first-order chi connectivity index (χ1) is 14.3. The van der Waals surface area contributed by atoms with Gasteiger partial charge in [-0.1, -0.05) is 0 Å². The first kappa shape index (κ1) is 21.0. The Kier molecular flexibility index (Phi) is 5.65. The van der Waals surface area contributed by atoms with E-state index in [1.54, 1.807) is 25.3 Å². The zero-order valence-corrected chi connectivity index (χ0v) is 18.5. The maximum atomic E-state index is 12.6. The molecule has 0 fully saturated rings. The highest BCUT2D eigenvalue weighted by atomic mass is 32.2. The molecule has 0 saturated heterocycles. The predicted molar refractivity (Wildman–Crippen MR) is 118 cm³/mol. The number of thioether (sulfide) groups is 1. The summed E-state index contributed by atoms with van der Waals surface area (Å²) in [5, 5.41) is 24.2. The van der Waals surface area contributed by atoms with Crippen molar-refractivity contribution >= 4 is 34.1 Å². The Labute approximate surface area is 182 Å². The van der Waals surface area contributed by atoms with Gasteiger partial charge in [0.1, 0.15) is 0 Å². The van der Waals surface area contributed by atoms with Crippen molar-refractivity contribution in [3.8, 4) is 6.07 Å². The molecule has 0 aromatic heterocycles. The molecular formula is C22H22N3O3S2-. The van der Waals surface area contributed by atoms with Gasteiger partial charge in [-0.2, -0.15) is 5.26 Å². The zero-order valence-electron chi connectivity index (χ0n) is 16.9. The van der Waals surface area contributed by atoms with E-state index in [-0.39, 0.29) is 0 Å². The predicted octanol–water partition coefficient (Wildman–Crippen LogP) is 4.61. The van der Waals surface area contributed by atoms with Crippen molar-refractivity contribution < 1.29 is 14.1 Å². The molecule has 0 unspecified atom stereocenters. The van der Waals surface area contributed by atoms with Crippen LogP contribution >= 0.6 is 11.8 Å². The fourth-order valence-corrected chi connectivity index (χ4v) is 5.96. The molecule has 0 atom stereocenters. The molecule has 0 saturated carbocycles. The van der Waals surface area contributed by atoms with Crippen molar-refractivity contribution in [3.63, 3.8) is 0 Å². The Morgan fingerprint density at radius 3 is 2.33 bits per heavy atom. The monoisotopic (exact) mass is 440 g/mol. The van der Waals surface area contributed by atoms with E-state index in [4.69, 9.17) is 0 Å². The van der Waals surface area contributed by atoms with Crippen LogP contribution in [-0.2, 0) is 40.5 Å². The topological polar surface area (TPSA) is 103 Å². The summed E-state index contributed by atoms with van der Waals surface area (Å²) < 4.78 is 16.6. The molecule has 0 radical (unpaired) electrons. The Hall–Kier alpha value is -2.30. The fourth-order valence-electron chi connectivity index (χ4n) is 4.22. The number of carbonyl (C=O) groups excluding carboxylic acids is 1. The van der Waals surface area contributed by atoms with Gasteiger partial charge >= 0.3 is 6.03 Å². The van der Waals surface area contributed by atoms with Crippen molar-refractivity contribution in [2.24, 2.45) is 4.36 Å². The summed E-state index contributed by atoms with van der Waals surface area (Å²) in [5.41, 5.74) is 8.22. The number of carbonyl (C=O) groups is 1. The van der Waals surface area contributed by atoms with Crippen LogP contribution in [0.15, 0.2) is 31.4 Å². The van der Waals surface area contributed by atoms with Crippen LogP contribution in [-0.4, -0.2) is 16.7 Å². The van der Waals surface area contributed by atoms with Gasteiger partial charge in [-0.25, -0.2) is 4.79 Å². The number of hydrogen-bond donors (Lipinski definition) is 2. The van der Waals surface area contributed by atoms with Gasteiger partial charge in [0.05, 0.1) is 17.2 Å². The van der Waals surface area contributed by atoms with Gasteiger partial charge in [0.2, 0.25) is 0 Å². The average molecular weight is 441 g/mol. The first-order valence-corrected chi connectivity index (χ1v) is 11.9. The SMILES string of the molecule is CC(C)(O)C1=CSC([S-](=O)=NC(=O)Nc2c3c(c(C#N)c4c2CCC4)CCC3)=C=C1. The number of hydrogen-bond acceptors (Lipinski definition) is 6. The molecule has 0 bridgehead atoms. The smallest absolute Gasteiger partial charge is 0.322 e. The third-order valence-corrected chi connectivity index (χ3v) is 7.84. The zero-order chi connectivity index (χ0) is 21.5. The molecular weight excluding hydrogens is 418 g/mol. The number of nitrogens with zero attached hydrogens (tertiary/aromatic N) is 2. The number of fused-ring (bicyclic) bond motifs is 2. The number of nitriles is 1. The van der Waals surface area contributed by atoms with Gasteiger partial charge in [-0.3, -0.25) is 0 Å². The second-order valence-corrected chi connectivity index (χ2v) is 10.3. The van der Waals surface area contributed by atoms with Crippen molar-refractivity contribution in [2.75, 3.05) is 5.32 Å². The van der Waals surface area contributed by atoms with Crippen LogP contribution in [0.1, 0.15) is 54.5 Å². The van der Waals surface area contributed by atoms with E-state index in [1.807, 2.05) is 0 Å². The molecule has 1 aromatic carbocycles. The van der Waals surface area contributed by atoms with Gasteiger partial charge in [-0.05, 0) is 95.9 Å². The molecule has 8 heteroatoms. The number of aliphatic hydroxyl groups is 1. The van der Waals surface area contributed by atoms with Crippen molar-refractivity contribution in [3.05, 3.63) is 54.8 Å². The van der Waals surface area contributed by atoms with Gasteiger partial charge in [-0.15, -0.1) is 28.1 Å². The molecule has 1 aliphatic heterocycles. The maximum Gasteiger partial charge on any atom is 0.322 e. The van der Waals surface area contributed by atoms with E-state index in [2.05, 4.69) is 21.5 Å². The number of nitrogens with one attached hydrogen (secondary N) is 1. The highest BCUT2D eigenvalue weighted by Crippen LogP contribution is 2.41. The van der Waals surface area contributed by atoms with Crippen LogP contribution in [0, 0.1) is 11.3 Å². The van der Waals surface area contributed by atoms with Gasteiger partial charge in [0.25, 0.3) is 0 Å². The normalized spacial score (nSPS) is 18.3. The van der Waals surface area contributed by atoms with E-state index in [0.29, 0.717) is 9.81 Å². The molecule has 0 spiro atoms. The molecule has 2 N–H and O–H groups in total. The van der Waals surface area contributed by atoms with Crippen LogP contribution in [0.4, 0.5) is 10.5 Å². The van der Waals surface area contributed by atoms with Crippen LogP contribution < -0.4 is 5.32 Å². The molecule has 1 aromatic rings. The second kappa shape index (κ2) is 8.09. The molecule has 6 nitrogen and oxygen atoms in total. The van der Waals surface area contributed by atoms with Gasteiger partial charge < -0.3 is 19.0 Å². The van der Waals surface area contributed by atoms with E-state index in [9.17, 15) is 19.4 Å². The minimum atomic E-state index is -1.88. The Morgan fingerprint density at radius 2 is 1.83 bits per heavy atom. The van der Waals surface area contributed by atoms with Crippen LogP contribution in [0.5, 0.6) is 0 Å². The van der Waals surface area contributed by atoms with Gasteiger partial charge in [0.15, 0.2) is 0 Å². The Morgan fingerprint density at radius 1 is 1.23 bits per heavy atom. The number of amides is 2. The summed E-state index contributed by atoms with van der Waals surface area (Å²) >= 11 is 1.14. The van der Waals surface area contributed by atoms with E-state index in [1.165, 1.54) is 0 Å². The summed E-state index contributed by atoms with van der Waals surface area (Å²) in [5.74, 6) is 0. The lowest BCUT2D eigenvalue weighted by atomic mass is 9.93. The lowest BCUT2D eigenvalue weighted by Crippen LogP contribution is -2.20. The van der Waals surface area contributed by atoms with Crippen molar-refractivity contribution in [1.29, 1.82) is 5.26 Å². The lowest BCUT2D eigenvalue weighted by molar-refractivity contribution is 0.124. The Bertz CT molecular complexity index is 1130. The second-order valence-electron chi connectivity index (χ2n) is 8.08. The summed E-state index contributed by atoms with van der Waals surface area (Å²) in [6, 6.07) is 1.71. The molecule has 2 amide bonds. The van der Waals surface area contributed by atoms with Crippen LogP contribution in [0.2, 0.25) is 0 Å². The number of rotatable bonds is 3.